The van der Waals surface area contributed by atoms with Crippen LogP contribution in [0.25, 0.3) is 10.2 Å². The van der Waals surface area contributed by atoms with Gasteiger partial charge in [0.1, 0.15) is 22.8 Å². The first-order valence-electron chi connectivity index (χ1n) is 8.63. The first kappa shape index (κ1) is 16.9. The highest BCUT2D eigenvalue weighted by Crippen LogP contribution is 2.38. The second-order valence-electron chi connectivity index (χ2n) is 6.50. The summed E-state index contributed by atoms with van der Waals surface area (Å²) in [5.74, 6) is 0.296. The third-order valence-corrected chi connectivity index (χ3v) is 5.80. The number of rotatable bonds is 4. The van der Waals surface area contributed by atoms with E-state index in [0.717, 1.165) is 28.9 Å². The highest BCUT2D eigenvalue weighted by atomic mass is 32.1. The molecule has 1 aliphatic carbocycles. The average molecular weight is 370 g/mol. The van der Waals surface area contributed by atoms with Crippen LogP contribution < -0.4 is 10.2 Å². The van der Waals surface area contributed by atoms with Gasteiger partial charge in [-0.25, -0.2) is 14.4 Å². The number of likely N-dealkylation sites (N-methyl/N-ethyl adjacent to an activating group) is 1. The van der Waals surface area contributed by atoms with Gasteiger partial charge >= 0.3 is 0 Å². The first-order valence-corrected chi connectivity index (χ1v) is 9.45. The fraction of sp³-hybridized carbons (Fsp3) is 0.316. The van der Waals surface area contributed by atoms with E-state index in [1.165, 1.54) is 35.4 Å². The Morgan fingerprint density at radius 1 is 1.23 bits per heavy atom. The summed E-state index contributed by atoms with van der Waals surface area (Å²) >= 11 is 1.74. The summed E-state index contributed by atoms with van der Waals surface area (Å²) in [4.78, 5) is 25.5. The number of nitrogens with one attached hydrogen (secondary N) is 1. The van der Waals surface area contributed by atoms with E-state index in [4.69, 9.17) is 0 Å². The van der Waals surface area contributed by atoms with Gasteiger partial charge in [-0.2, -0.15) is 0 Å². The quantitative estimate of drug-likeness (QED) is 0.759. The lowest BCUT2D eigenvalue weighted by molar-refractivity contribution is -0.114. The van der Waals surface area contributed by atoms with Crippen LogP contribution >= 0.6 is 11.3 Å². The number of hydrogen-bond donors (Lipinski definition) is 1. The normalized spacial score (nSPS) is 13.5. The van der Waals surface area contributed by atoms with Crippen LogP contribution in [0.1, 0.15) is 23.3 Å². The summed E-state index contributed by atoms with van der Waals surface area (Å²) in [5, 5.41) is 3.87. The van der Waals surface area contributed by atoms with Gasteiger partial charge in [-0.05, 0) is 55.5 Å². The summed E-state index contributed by atoms with van der Waals surface area (Å²) in [7, 11) is 1.86. The number of carbonyl (C=O) groups is 1. The number of aromatic nitrogens is 2. The Morgan fingerprint density at radius 3 is 2.81 bits per heavy atom. The van der Waals surface area contributed by atoms with Gasteiger partial charge in [0.15, 0.2) is 0 Å². The van der Waals surface area contributed by atoms with Gasteiger partial charge in [-0.15, -0.1) is 11.3 Å². The van der Waals surface area contributed by atoms with Crippen molar-refractivity contribution in [2.75, 3.05) is 23.8 Å². The van der Waals surface area contributed by atoms with Crippen LogP contribution in [0.3, 0.4) is 0 Å². The number of aryl methyl sites for hydroxylation is 2. The lowest BCUT2D eigenvalue weighted by Crippen LogP contribution is -2.30. The van der Waals surface area contributed by atoms with Crippen molar-refractivity contribution in [3.63, 3.8) is 0 Å². The third-order valence-electron chi connectivity index (χ3n) is 4.60. The van der Waals surface area contributed by atoms with Gasteiger partial charge < -0.3 is 10.2 Å². The van der Waals surface area contributed by atoms with Gasteiger partial charge in [0, 0.05) is 17.6 Å². The van der Waals surface area contributed by atoms with Crippen molar-refractivity contribution in [3.05, 3.63) is 46.9 Å². The monoisotopic (exact) mass is 370 g/mol. The standard InChI is InChI=1S/C19H19FN4OS/c1-24(10-16(25)23-13-8-6-12(20)7-9-13)18-17-14-4-2-3-5-15(14)26-19(17)22-11-21-18/h6-9,11H,2-5,10H2,1H3,(H,23,25). The molecular formula is C19H19FN4OS. The molecule has 1 aliphatic rings. The molecule has 0 fully saturated rings. The van der Waals surface area contributed by atoms with Crippen molar-refractivity contribution in [3.8, 4) is 0 Å². The molecule has 1 N–H and O–H groups in total. The third kappa shape index (κ3) is 3.26. The summed E-state index contributed by atoms with van der Waals surface area (Å²) in [6, 6.07) is 5.74. The van der Waals surface area contributed by atoms with Gasteiger partial charge in [-0.3, -0.25) is 4.79 Å². The highest BCUT2D eigenvalue weighted by Gasteiger charge is 2.22. The van der Waals surface area contributed by atoms with Crippen LogP contribution in [0, 0.1) is 5.82 Å². The molecule has 0 atom stereocenters. The van der Waals surface area contributed by atoms with E-state index in [9.17, 15) is 9.18 Å². The van der Waals surface area contributed by atoms with Gasteiger partial charge in [0.05, 0.1) is 11.9 Å². The number of halogens is 1. The molecule has 0 saturated heterocycles. The van der Waals surface area contributed by atoms with Crippen LogP contribution in [0.5, 0.6) is 0 Å². The van der Waals surface area contributed by atoms with Crippen molar-refractivity contribution in [1.29, 1.82) is 0 Å². The molecular weight excluding hydrogens is 351 g/mol. The Balaban J connectivity index is 1.56. The van der Waals surface area contributed by atoms with Crippen molar-refractivity contribution in [2.45, 2.75) is 25.7 Å². The molecule has 1 aromatic carbocycles. The van der Waals surface area contributed by atoms with Crippen molar-refractivity contribution >= 4 is 39.0 Å². The molecule has 5 nitrogen and oxygen atoms in total. The second kappa shape index (κ2) is 6.99. The van der Waals surface area contributed by atoms with Crippen LogP contribution in [0.4, 0.5) is 15.9 Å². The Labute approximate surface area is 154 Å². The molecule has 0 radical (unpaired) electrons. The molecule has 26 heavy (non-hydrogen) atoms. The number of nitrogens with zero attached hydrogens (tertiary/aromatic N) is 3. The van der Waals surface area contributed by atoms with E-state index in [0.29, 0.717) is 5.69 Å². The minimum absolute atomic E-state index is 0.161. The van der Waals surface area contributed by atoms with Crippen molar-refractivity contribution < 1.29 is 9.18 Å². The minimum Gasteiger partial charge on any atom is -0.350 e. The SMILES string of the molecule is CN(CC(=O)Nc1ccc(F)cc1)c1ncnc2sc3c(c12)CCCC3. The Morgan fingerprint density at radius 2 is 2.00 bits per heavy atom. The lowest BCUT2D eigenvalue weighted by atomic mass is 9.97. The Kier molecular flexibility index (Phi) is 4.55. The molecule has 0 aliphatic heterocycles. The maximum atomic E-state index is 13.0. The summed E-state index contributed by atoms with van der Waals surface area (Å²) in [6.07, 6.45) is 6.12. The molecule has 0 saturated carbocycles. The largest absolute Gasteiger partial charge is 0.350 e. The number of anilines is 2. The van der Waals surface area contributed by atoms with E-state index in [-0.39, 0.29) is 18.3 Å². The van der Waals surface area contributed by atoms with Crippen molar-refractivity contribution in [1.82, 2.24) is 9.97 Å². The molecule has 2 heterocycles. The topological polar surface area (TPSA) is 58.1 Å². The smallest absolute Gasteiger partial charge is 0.243 e. The van der Waals surface area contributed by atoms with Crippen LogP contribution in [-0.4, -0.2) is 29.5 Å². The predicted molar refractivity (Wildman–Crippen MR) is 102 cm³/mol. The molecule has 2 aromatic heterocycles. The lowest BCUT2D eigenvalue weighted by Gasteiger charge is -2.20. The zero-order chi connectivity index (χ0) is 18.1. The second-order valence-corrected chi connectivity index (χ2v) is 7.58. The molecule has 1 amide bonds. The number of amides is 1. The summed E-state index contributed by atoms with van der Waals surface area (Å²) in [5.41, 5.74) is 1.92. The van der Waals surface area contributed by atoms with Crippen LogP contribution in [-0.2, 0) is 17.6 Å². The van der Waals surface area contributed by atoms with Gasteiger partial charge in [0.25, 0.3) is 0 Å². The summed E-state index contributed by atoms with van der Waals surface area (Å²) in [6.45, 7) is 0.161. The fourth-order valence-electron chi connectivity index (χ4n) is 3.39. The zero-order valence-corrected chi connectivity index (χ0v) is 15.3. The van der Waals surface area contributed by atoms with Crippen LogP contribution in [0.2, 0.25) is 0 Å². The number of benzene rings is 1. The molecule has 0 bridgehead atoms. The zero-order valence-electron chi connectivity index (χ0n) is 14.5. The van der Waals surface area contributed by atoms with E-state index < -0.39 is 0 Å². The predicted octanol–water partition coefficient (Wildman–Crippen LogP) is 3.78. The molecule has 134 valence electrons. The average Bonchev–Trinajstić information content (AvgIpc) is 3.02. The molecule has 4 rings (SSSR count). The Bertz CT molecular complexity index is 954. The first-order chi connectivity index (χ1) is 12.6. The van der Waals surface area contributed by atoms with E-state index in [1.807, 2.05) is 11.9 Å². The van der Waals surface area contributed by atoms with Gasteiger partial charge in [0.2, 0.25) is 5.91 Å². The van der Waals surface area contributed by atoms with Crippen molar-refractivity contribution in [2.24, 2.45) is 0 Å². The van der Waals surface area contributed by atoms with E-state index in [2.05, 4.69) is 15.3 Å². The number of hydrogen-bond acceptors (Lipinski definition) is 5. The molecule has 3 aromatic rings. The highest BCUT2D eigenvalue weighted by molar-refractivity contribution is 7.19. The number of fused-ring (bicyclic) bond motifs is 3. The van der Waals surface area contributed by atoms with Crippen LogP contribution in [0.15, 0.2) is 30.6 Å². The summed E-state index contributed by atoms with van der Waals surface area (Å²) < 4.78 is 13.0. The molecule has 7 heteroatoms. The maximum Gasteiger partial charge on any atom is 0.243 e. The fourth-order valence-corrected chi connectivity index (χ4v) is 4.61. The van der Waals surface area contributed by atoms with E-state index >= 15 is 0 Å². The van der Waals surface area contributed by atoms with Gasteiger partial charge in [-0.1, -0.05) is 0 Å². The molecule has 0 unspecified atom stereocenters. The minimum atomic E-state index is -0.328. The van der Waals surface area contributed by atoms with E-state index in [1.54, 1.807) is 29.8 Å². The maximum absolute atomic E-state index is 13.0. The number of thiophene rings is 1. The number of carbonyl (C=O) groups excluding carboxylic acids is 1. The Hall–Kier alpha value is -2.54. The molecule has 0 spiro atoms.